The summed E-state index contributed by atoms with van der Waals surface area (Å²) in [4.78, 5) is 0. The van der Waals surface area contributed by atoms with Gasteiger partial charge < -0.3 is 0 Å². The molecule has 0 spiro atoms. The maximum atomic E-state index is 8.56. The lowest BCUT2D eigenvalue weighted by atomic mass is 10.3. The minimum Gasteiger partial charge on any atom is -0.276 e. The van der Waals surface area contributed by atoms with Crippen LogP contribution in [0.25, 0.3) is 5.69 Å². The largest absolute Gasteiger partial charge is 0.276 e. The van der Waals surface area contributed by atoms with E-state index in [9.17, 15) is 0 Å². The average molecular weight is 305 g/mol. The van der Waals surface area contributed by atoms with Gasteiger partial charge in [0, 0.05) is 6.20 Å². The zero-order valence-corrected chi connectivity index (χ0v) is 11.4. The number of hydrogen-bond donors (Lipinski definition) is 1. The molecule has 20 heavy (non-hydrogen) atoms. The molecule has 1 heterocycles. The topological polar surface area (TPSA) is 89.8 Å². The molecule has 0 amide bonds. The highest BCUT2D eigenvalue weighted by atomic mass is 35.5. The van der Waals surface area contributed by atoms with Crippen molar-refractivity contribution in [3.05, 3.63) is 40.6 Å². The Bertz CT molecular complexity index is 734. The first-order valence-corrected chi connectivity index (χ1v) is 6.03. The van der Waals surface area contributed by atoms with Crippen LogP contribution >= 0.6 is 23.2 Å². The molecule has 1 N–H and O–H groups in total. The number of hydrogen-bond acceptors (Lipinski definition) is 5. The Morgan fingerprint density at radius 2 is 2.05 bits per heavy atom. The van der Waals surface area contributed by atoms with E-state index in [1.165, 1.54) is 10.9 Å². The Morgan fingerprint density at radius 3 is 2.60 bits per heavy atom. The summed E-state index contributed by atoms with van der Waals surface area (Å²) in [5.74, 6) is 0. The quantitative estimate of drug-likeness (QED) is 0.697. The molecular weight excluding hydrogens is 299 g/mol. The monoisotopic (exact) mass is 304 g/mol. The van der Waals surface area contributed by atoms with Gasteiger partial charge in [0.1, 0.15) is 12.1 Å². The van der Waals surface area contributed by atoms with E-state index in [2.05, 4.69) is 15.6 Å². The van der Waals surface area contributed by atoms with Crippen molar-refractivity contribution in [3.63, 3.8) is 0 Å². The maximum Gasteiger partial charge on any atom is 0.237 e. The lowest BCUT2D eigenvalue weighted by Gasteiger charge is -2.06. The summed E-state index contributed by atoms with van der Waals surface area (Å²) < 4.78 is 1.54. The fourth-order valence-electron chi connectivity index (χ4n) is 1.39. The standard InChI is InChI=1S/C12H6Cl2N6/c13-8-6-17-20(7-8)12-2-1-9(3-11(12)14)18-19-10(4-15)5-16/h1-3,6-7,18H. The van der Waals surface area contributed by atoms with Gasteiger partial charge in [-0.15, -0.1) is 0 Å². The van der Waals surface area contributed by atoms with Crippen molar-refractivity contribution < 1.29 is 0 Å². The third-order valence-corrected chi connectivity index (χ3v) is 2.75. The summed E-state index contributed by atoms with van der Waals surface area (Å²) in [6.07, 6.45) is 3.12. The molecule has 0 unspecified atom stereocenters. The molecule has 0 bridgehead atoms. The van der Waals surface area contributed by atoms with E-state index in [4.69, 9.17) is 33.7 Å². The number of hydrazone groups is 1. The maximum absolute atomic E-state index is 8.56. The van der Waals surface area contributed by atoms with Crippen LogP contribution in [0.4, 0.5) is 5.69 Å². The fourth-order valence-corrected chi connectivity index (χ4v) is 1.79. The van der Waals surface area contributed by atoms with E-state index in [1.807, 2.05) is 0 Å². The molecule has 0 fully saturated rings. The molecule has 8 heteroatoms. The zero-order chi connectivity index (χ0) is 14.5. The minimum absolute atomic E-state index is 0.274. The minimum atomic E-state index is -0.274. The predicted molar refractivity (Wildman–Crippen MR) is 75.9 cm³/mol. The van der Waals surface area contributed by atoms with Gasteiger partial charge >= 0.3 is 0 Å². The van der Waals surface area contributed by atoms with Crippen molar-refractivity contribution in [2.45, 2.75) is 0 Å². The zero-order valence-electron chi connectivity index (χ0n) is 9.88. The first-order valence-electron chi connectivity index (χ1n) is 5.28. The molecule has 2 rings (SSSR count). The molecule has 0 saturated carbocycles. The molecule has 1 aromatic heterocycles. The van der Waals surface area contributed by atoms with Crippen LogP contribution in [-0.4, -0.2) is 15.5 Å². The van der Waals surface area contributed by atoms with E-state index < -0.39 is 0 Å². The Balaban J connectivity index is 2.25. The van der Waals surface area contributed by atoms with Crippen LogP contribution in [0.15, 0.2) is 35.7 Å². The molecule has 0 atom stereocenters. The highest BCUT2D eigenvalue weighted by molar-refractivity contribution is 6.33. The molecule has 2 aromatic rings. The van der Waals surface area contributed by atoms with Gasteiger partial charge in [-0.1, -0.05) is 23.2 Å². The third-order valence-electron chi connectivity index (χ3n) is 2.25. The van der Waals surface area contributed by atoms with E-state index in [-0.39, 0.29) is 5.71 Å². The molecule has 1 aromatic carbocycles. The molecule has 0 aliphatic carbocycles. The first-order chi connectivity index (χ1) is 9.63. The van der Waals surface area contributed by atoms with Gasteiger partial charge in [0.05, 0.1) is 27.6 Å². The molecule has 0 saturated heterocycles. The molecule has 6 nitrogen and oxygen atoms in total. The van der Waals surface area contributed by atoms with Gasteiger partial charge in [0.25, 0.3) is 0 Å². The van der Waals surface area contributed by atoms with Crippen molar-refractivity contribution >= 4 is 34.6 Å². The molecular formula is C12H6Cl2N6. The second kappa shape index (κ2) is 6.07. The van der Waals surface area contributed by atoms with Gasteiger partial charge in [-0.2, -0.15) is 20.7 Å². The van der Waals surface area contributed by atoms with Gasteiger partial charge in [-0.3, -0.25) is 5.43 Å². The van der Waals surface area contributed by atoms with Gasteiger partial charge in [0.2, 0.25) is 5.71 Å². The Labute approximate surface area is 124 Å². The summed E-state index contributed by atoms with van der Waals surface area (Å²) in [7, 11) is 0. The summed E-state index contributed by atoms with van der Waals surface area (Å²) in [6, 6.07) is 8.28. The van der Waals surface area contributed by atoms with Crippen LogP contribution in [-0.2, 0) is 0 Å². The van der Waals surface area contributed by atoms with Crippen molar-refractivity contribution in [1.82, 2.24) is 9.78 Å². The van der Waals surface area contributed by atoms with Gasteiger partial charge in [-0.25, -0.2) is 4.68 Å². The molecule has 0 aliphatic heterocycles. The van der Waals surface area contributed by atoms with Crippen molar-refractivity contribution in [2.24, 2.45) is 5.10 Å². The van der Waals surface area contributed by atoms with Gasteiger partial charge in [-0.05, 0) is 18.2 Å². The van der Waals surface area contributed by atoms with Crippen molar-refractivity contribution in [3.8, 4) is 17.8 Å². The first kappa shape index (κ1) is 13.9. The Kier molecular flexibility index (Phi) is 4.21. The second-order valence-electron chi connectivity index (χ2n) is 3.57. The number of nitriles is 2. The van der Waals surface area contributed by atoms with Crippen LogP contribution in [0.2, 0.25) is 10.0 Å². The Morgan fingerprint density at radius 1 is 1.30 bits per heavy atom. The number of aromatic nitrogens is 2. The average Bonchev–Trinajstić information content (AvgIpc) is 2.86. The van der Waals surface area contributed by atoms with Crippen LogP contribution in [0.1, 0.15) is 0 Å². The summed E-state index contributed by atoms with van der Waals surface area (Å²) in [5, 5.41) is 25.7. The molecule has 0 aliphatic rings. The number of benzene rings is 1. The van der Waals surface area contributed by atoms with E-state index in [1.54, 1.807) is 36.5 Å². The van der Waals surface area contributed by atoms with E-state index >= 15 is 0 Å². The molecule has 0 radical (unpaired) electrons. The number of anilines is 1. The lowest BCUT2D eigenvalue weighted by molar-refractivity contribution is 0.881. The summed E-state index contributed by atoms with van der Waals surface area (Å²) in [5.41, 5.74) is 3.49. The van der Waals surface area contributed by atoms with Crippen LogP contribution in [0, 0.1) is 22.7 Å². The number of halogens is 2. The fraction of sp³-hybridized carbons (Fsp3) is 0. The highest BCUT2D eigenvalue weighted by Crippen LogP contribution is 2.24. The Hall–Kier alpha value is -2.54. The van der Waals surface area contributed by atoms with Crippen LogP contribution in [0.5, 0.6) is 0 Å². The number of nitrogens with zero attached hydrogens (tertiary/aromatic N) is 5. The smallest absolute Gasteiger partial charge is 0.237 e. The van der Waals surface area contributed by atoms with Crippen molar-refractivity contribution in [2.75, 3.05) is 5.43 Å². The number of rotatable bonds is 3. The highest BCUT2D eigenvalue weighted by Gasteiger charge is 2.06. The SMILES string of the molecule is N#CC(C#N)=NNc1ccc(-n2cc(Cl)cn2)c(Cl)c1. The third kappa shape index (κ3) is 3.07. The second-order valence-corrected chi connectivity index (χ2v) is 4.41. The van der Waals surface area contributed by atoms with E-state index in [0.29, 0.717) is 21.4 Å². The molecule has 98 valence electrons. The summed E-state index contributed by atoms with van der Waals surface area (Å²) >= 11 is 11.9. The van der Waals surface area contributed by atoms with Crippen LogP contribution < -0.4 is 5.43 Å². The van der Waals surface area contributed by atoms with E-state index in [0.717, 1.165) is 0 Å². The summed E-state index contributed by atoms with van der Waals surface area (Å²) in [6.45, 7) is 0. The van der Waals surface area contributed by atoms with Crippen LogP contribution in [0.3, 0.4) is 0 Å². The predicted octanol–water partition coefficient (Wildman–Crippen LogP) is 2.99. The van der Waals surface area contributed by atoms with Gasteiger partial charge in [0.15, 0.2) is 0 Å². The lowest BCUT2D eigenvalue weighted by Crippen LogP contribution is -1.98. The van der Waals surface area contributed by atoms with Crippen molar-refractivity contribution in [1.29, 1.82) is 10.5 Å². The normalized spacial score (nSPS) is 9.40. The number of nitrogens with one attached hydrogen (secondary N) is 1.